The smallest absolute Gasteiger partial charge is 0.255 e. The Balaban J connectivity index is 1.64. The molecule has 1 aromatic carbocycles. The lowest BCUT2D eigenvalue weighted by atomic mass is 10.1. The molecule has 1 aliphatic heterocycles. The molecule has 7 heteroatoms. The van der Waals surface area contributed by atoms with Gasteiger partial charge in [-0.15, -0.1) is 0 Å². The summed E-state index contributed by atoms with van der Waals surface area (Å²) in [5.41, 5.74) is 0.900. The fraction of sp³-hybridized carbons (Fsp3) is 0.278. The number of hydrogen-bond acceptors (Lipinski definition) is 3. The lowest BCUT2D eigenvalue weighted by Crippen LogP contribution is -2.50. The van der Waals surface area contributed by atoms with Gasteiger partial charge in [-0.3, -0.25) is 14.4 Å². The van der Waals surface area contributed by atoms with E-state index in [1.807, 2.05) is 0 Å². The van der Waals surface area contributed by atoms with Crippen LogP contribution in [0.25, 0.3) is 0 Å². The fourth-order valence-electron chi connectivity index (χ4n) is 2.79. The summed E-state index contributed by atoms with van der Waals surface area (Å²) in [5.74, 6) is -0.194. The number of piperazine rings is 1. The maximum absolute atomic E-state index is 12.5. The highest BCUT2D eigenvalue weighted by atomic mass is 35.5. The number of aromatic nitrogens is 1. The molecule has 0 bridgehead atoms. The molecule has 6 nitrogen and oxygen atoms in total. The zero-order valence-corrected chi connectivity index (χ0v) is 14.6. The standard InChI is InChI=1S/C18H18ClN3O3/c1-20-12-14(4-7-16(20)23)18(25)22-10-8-21(9-11-22)17(24)13-2-5-15(19)6-3-13/h2-7,12H,8-11H2,1H3. The Labute approximate surface area is 150 Å². The van der Waals surface area contributed by atoms with E-state index in [-0.39, 0.29) is 17.4 Å². The topological polar surface area (TPSA) is 62.6 Å². The number of pyridine rings is 1. The minimum Gasteiger partial charge on any atom is -0.335 e. The van der Waals surface area contributed by atoms with E-state index in [0.717, 1.165) is 0 Å². The Morgan fingerprint density at radius 1 is 0.840 bits per heavy atom. The molecule has 2 heterocycles. The molecule has 0 spiro atoms. The van der Waals surface area contributed by atoms with Gasteiger partial charge in [0.2, 0.25) is 5.56 Å². The summed E-state index contributed by atoms with van der Waals surface area (Å²) in [6.45, 7) is 1.86. The molecular weight excluding hydrogens is 342 g/mol. The number of amides is 2. The molecule has 1 aromatic heterocycles. The van der Waals surface area contributed by atoms with Crippen molar-refractivity contribution >= 4 is 23.4 Å². The third-order valence-electron chi connectivity index (χ3n) is 4.28. The minimum atomic E-state index is -0.157. The van der Waals surface area contributed by atoms with Crippen LogP contribution in [-0.4, -0.2) is 52.4 Å². The van der Waals surface area contributed by atoms with Crippen LogP contribution in [0.5, 0.6) is 0 Å². The molecule has 0 unspecified atom stereocenters. The highest BCUT2D eigenvalue weighted by Crippen LogP contribution is 2.14. The van der Waals surface area contributed by atoms with Crippen molar-refractivity contribution in [2.75, 3.05) is 26.2 Å². The first-order valence-corrected chi connectivity index (χ1v) is 8.34. The zero-order valence-electron chi connectivity index (χ0n) is 13.8. The van der Waals surface area contributed by atoms with Crippen molar-refractivity contribution in [1.29, 1.82) is 0 Å². The van der Waals surface area contributed by atoms with Crippen LogP contribution in [0, 0.1) is 0 Å². The van der Waals surface area contributed by atoms with Crippen LogP contribution in [-0.2, 0) is 7.05 Å². The van der Waals surface area contributed by atoms with Crippen molar-refractivity contribution in [3.8, 4) is 0 Å². The first-order chi connectivity index (χ1) is 12.0. The van der Waals surface area contributed by atoms with Crippen LogP contribution in [0.1, 0.15) is 20.7 Å². The average Bonchev–Trinajstić information content (AvgIpc) is 2.63. The Bertz CT molecular complexity index is 853. The summed E-state index contributed by atoms with van der Waals surface area (Å²) in [5, 5.41) is 0.587. The van der Waals surface area contributed by atoms with E-state index in [1.165, 1.54) is 22.9 Å². The molecule has 0 radical (unpaired) electrons. The molecule has 0 atom stereocenters. The Kier molecular flexibility index (Phi) is 4.90. The van der Waals surface area contributed by atoms with Gasteiger partial charge in [-0.05, 0) is 30.3 Å². The summed E-state index contributed by atoms with van der Waals surface area (Å²) < 4.78 is 1.38. The van der Waals surface area contributed by atoms with Crippen LogP contribution in [0.2, 0.25) is 5.02 Å². The summed E-state index contributed by atoms with van der Waals surface area (Å²) in [4.78, 5) is 39.9. The third-order valence-corrected chi connectivity index (χ3v) is 4.53. The molecule has 2 amide bonds. The van der Waals surface area contributed by atoms with E-state index in [4.69, 9.17) is 11.6 Å². The fourth-order valence-corrected chi connectivity index (χ4v) is 2.92. The van der Waals surface area contributed by atoms with Gasteiger partial charge >= 0.3 is 0 Å². The average molecular weight is 360 g/mol. The van der Waals surface area contributed by atoms with Crippen molar-refractivity contribution in [2.45, 2.75) is 0 Å². The first kappa shape index (κ1) is 17.2. The van der Waals surface area contributed by atoms with Gasteiger partial charge in [-0.25, -0.2) is 0 Å². The molecule has 1 fully saturated rings. The summed E-state index contributed by atoms with van der Waals surface area (Å²) in [6.07, 6.45) is 1.54. The third kappa shape index (κ3) is 3.74. The molecule has 2 aromatic rings. The molecule has 3 rings (SSSR count). The van der Waals surface area contributed by atoms with Crippen LogP contribution in [0.3, 0.4) is 0 Å². The van der Waals surface area contributed by atoms with Crippen molar-refractivity contribution in [3.63, 3.8) is 0 Å². The number of benzene rings is 1. The highest BCUT2D eigenvalue weighted by Gasteiger charge is 2.25. The minimum absolute atomic E-state index is 0.0640. The zero-order chi connectivity index (χ0) is 18.0. The number of nitrogens with zero attached hydrogens (tertiary/aromatic N) is 3. The molecule has 1 saturated heterocycles. The van der Waals surface area contributed by atoms with Gasteiger partial charge in [0.15, 0.2) is 0 Å². The predicted molar refractivity (Wildman–Crippen MR) is 94.9 cm³/mol. The molecule has 0 saturated carbocycles. The monoisotopic (exact) mass is 359 g/mol. The van der Waals surface area contributed by atoms with Crippen molar-refractivity contribution in [3.05, 3.63) is 69.1 Å². The predicted octanol–water partition coefficient (Wildman–Crippen LogP) is 1.64. The van der Waals surface area contributed by atoms with E-state index < -0.39 is 0 Å². The van der Waals surface area contributed by atoms with Crippen LogP contribution < -0.4 is 5.56 Å². The number of aryl methyl sites for hydroxylation is 1. The Hall–Kier alpha value is -2.60. The summed E-state index contributed by atoms with van der Waals surface area (Å²) in [6, 6.07) is 9.70. The lowest BCUT2D eigenvalue weighted by Gasteiger charge is -2.34. The van der Waals surface area contributed by atoms with Crippen molar-refractivity contribution in [1.82, 2.24) is 14.4 Å². The maximum Gasteiger partial charge on any atom is 0.255 e. The van der Waals surface area contributed by atoms with Crippen LogP contribution in [0.4, 0.5) is 0 Å². The molecular formula is C18H18ClN3O3. The van der Waals surface area contributed by atoms with Gasteiger partial charge in [0.25, 0.3) is 11.8 Å². The van der Waals surface area contributed by atoms with Crippen LogP contribution in [0.15, 0.2) is 47.4 Å². The molecule has 0 aliphatic carbocycles. The molecule has 25 heavy (non-hydrogen) atoms. The van der Waals surface area contributed by atoms with E-state index >= 15 is 0 Å². The lowest BCUT2D eigenvalue weighted by molar-refractivity contribution is 0.0535. The Morgan fingerprint density at radius 2 is 1.32 bits per heavy atom. The number of rotatable bonds is 2. The molecule has 1 aliphatic rings. The highest BCUT2D eigenvalue weighted by molar-refractivity contribution is 6.30. The molecule has 0 N–H and O–H groups in total. The quantitative estimate of drug-likeness (QED) is 0.818. The molecule has 130 valence electrons. The SMILES string of the molecule is Cn1cc(C(=O)N2CCN(C(=O)c3ccc(Cl)cc3)CC2)ccc1=O. The maximum atomic E-state index is 12.5. The van der Waals surface area contributed by atoms with Gasteiger partial charge < -0.3 is 14.4 Å². The Morgan fingerprint density at radius 3 is 1.84 bits per heavy atom. The van der Waals surface area contributed by atoms with Crippen molar-refractivity contribution in [2.24, 2.45) is 7.05 Å². The van der Waals surface area contributed by atoms with E-state index in [9.17, 15) is 14.4 Å². The van der Waals surface area contributed by atoms with E-state index in [0.29, 0.717) is 42.3 Å². The number of carbonyl (C=O) groups is 2. The van der Waals surface area contributed by atoms with Gasteiger partial charge in [0.1, 0.15) is 0 Å². The largest absolute Gasteiger partial charge is 0.335 e. The number of hydrogen-bond donors (Lipinski definition) is 0. The summed E-state index contributed by atoms with van der Waals surface area (Å²) >= 11 is 5.84. The van der Waals surface area contributed by atoms with E-state index in [2.05, 4.69) is 0 Å². The normalized spacial score (nSPS) is 14.5. The van der Waals surface area contributed by atoms with Gasteiger partial charge in [0.05, 0.1) is 5.56 Å². The number of halogens is 1. The summed E-state index contributed by atoms with van der Waals surface area (Å²) in [7, 11) is 1.61. The number of carbonyl (C=O) groups excluding carboxylic acids is 2. The van der Waals surface area contributed by atoms with Gasteiger partial charge in [0, 0.05) is 56.1 Å². The second-order valence-electron chi connectivity index (χ2n) is 5.96. The van der Waals surface area contributed by atoms with Gasteiger partial charge in [-0.1, -0.05) is 11.6 Å². The first-order valence-electron chi connectivity index (χ1n) is 7.96. The second kappa shape index (κ2) is 7.11. The van der Waals surface area contributed by atoms with Gasteiger partial charge in [-0.2, -0.15) is 0 Å². The van der Waals surface area contributed by atoms with Crippen LogP contribution >= 0.6 is 11.6 Å². The second-order valence-corrected chi connectivity index (χ2v) is 6.39. The van der Waals surface area contributed by atoms with E-state index in [1.54, 1.807) is 41.1 Å². The van der Waals surface area contributed by atoms with Crippen molar-refractivity contribution < 1.29 is 9.59 Å².